The van der Waals surface area contributed by atoms with Crippen molar-refractivity contribution in [2.75, 3.05) is 0 Å². The van der Waals surface area contributed by atoms with Gasteiger partial charge in [-0.2, -0.15) is 0 Å². The Morgan fingerprint density at radius 1 is 1.38 bits per heavy atom. The highest BCUT2D eigenvalue weighted by Crippen LogP contribution is 2.38. The first-order valence-corrected chi connectivity index (χ1v) is 6.84. The van der Waals surface area contributed by atoms with Crippen molar-refractivity contribution in [2.24, 2.45) is 0 Å². The van der Waals surface area contributed by atoms with Crippen molar-refractivity contribution in [2.45, 2.75) is 24.8 Å². The van der Waals surface area contributed by atoms with Gasteiger partial charge in [0.05, 0.1) is 10.0 Å². The predicted molar refractivity (Wildman–Crippen MR) is 63.1 cm³/mol. The SMILES string of the molecule is Cc1cc(Cl)c(Cl)c2c1C(C)NNS2(=O)=O. The molecular formula is C9H10Cl2N2O2S. The van der Waals surface area contributed by atoms with Crippen molar-refractivity contribution in [3.8, 4) is 0 Å². The number of aryl methyl sites for hydroxylation is 1. The van der Waals surface area contributed by atoms with Gasteiger partial charge in [0.25, 0.3) is 10.0 Å². The molecule has 0 aliphatic carbocycles. The van der Waals surface area contributed by atoms with Crippen molar-refractivity contribution in [3.63, 3.8) is 0 Å². The number of rotatable bonds is 0. The fraction of sp³-hybridized carbons (Fsp3) is 0.333. The second kappa shape index (κ2) is 3.85. The van der Waals surface area contributed by atoms with E-state index in [1.807, 2.05) is 6.92 Å². The third-order valence-corrected chi connectivity index (χ3v) is 4.78. The Hall–Kier alpha value is -0.330. The molecule has 0 radical (unpaired) electrons. The molecule has 0 saturated carbocycles. The molecule has 0 spiro atoms. The first-order valence-electron chi connectivity index (χ1n) is 4.60. The van der Waals surface area contributed by atoms with Crippen molar-refractivity contribution in [3.05, 3.63) is 27.2 Å². The summed E-state index contributed by atoms with van der Waals surface area (Å²) in [5.74, 6) is 0. The van der Waals surface area contributed by atoms with E-state index in [0.717, 1.165) is 5.56 Å². The summed E-state index contributed by atoms with van der Waals surface area (Å²) in [6.07, 6.45) is 0. The molecule has 4 nitrogen and oxygen atoms in total. The van der Waals surface area contributed by atoms with Gasteiger partial charge >= 0.3 is 0 Å². The molecule has 2 rings (SSSR count). The Balaban J connectivity index is 2.89. The van der Waals surface area contributed by atoms with Crippen LogP contribution in [0, 0.1) is 6.92 Å². The van der Waals surface area contributed by atoms with Gasteiger partial charge in [-0.25, -0.2) is 13.8 Å². The van der Waals surface area contributed by atoms with Crippen LogP contribution in [0.5, 0.6) is 0 Å². The first-order chi connectivity index (χ1) is 7.34. The second-order valence-corrected chi connectivity index (χ2v) is 6.11. The molecule has 0 bridgehead atoms. The van der Waals surface area contributed by atoms with Crippen LogP contribution < -0.4 is 10.3 Å². The molecule has 1 unspecified atom stereocenters. The first kappa shape index (κ1) is 12.1. The molecule has 2 N–H and O–H groups in total. The van der Waals surface area contributed by atoms with Crippen molar-refractivity contribution >= 4 is 33.2 Å². The molecule has 7 heteroatoms. The molecule has 0 amide bonds. The van der Waals surface area contributed by atoms with Gasteiger partial charge < -0.3 is 0 Å². The number of hydrogen-bond acceptors (Lipinski definition) is 3. The fourth-order valence-corrected chi connectivity index (χ4v) is 4.01. The van der Waals surface area contributed by atoms with Gasteiger partial charge in [0, 0.05) is 6.04 Å². The summed E-state index contributed by atoms with van der Waals surface area (Å²) in [6.45, 7) is 3.65. The lowest BCUT2D eigenvalue weighted by molar-refractivity contribution is 0.487. The van der Waals surface area contributed by atoms with Gasteiger partial charge in [0.15, 0.2) is 0 Å². The highest BCUT2D eigenvalue weighted by Gasteiger charge is 2.32. The Morgan fingerprint density at radius 2 is 2.00 bits per heavy atom. The molecule has 1 aliphatic rings. The zero-order valence-electron chi connectivity index (χ0n) is 8.64. The van der Waals surface area contributed by atoms with Gasteiger partial charge in [0.2, 0.25) is 0 Å². The highest BCUT2D eigenvalue weighted by molar-refractivity contribution is 7.89. The molecule has 0 aromatic heterocycles. The van der Waals surface area contributed by atoms with Crippen LogP contribution in [0.2, 0.25) is 10.0 Å². The summed E-state index contributed by atoms with van der Waals surface area (Å²) in [7, 11) is -3.63. The van der Waals surface area contributed by atoms with E-state index in [1.165, 1.54) is 0 Å². The van der Waals surface area contributed by atoms with E-state index in [-0.39, 0.29) is 21.0 Å². The number of hydrazine groups is 1. The lowest BCUT2D eigenvalue weighted by Crippen LogP contribution is -2.44. The lowest BCUT2D eigenvalue weighted by atomic mass is 10.0. The largest absolute Gasteiger partial charge is 0.255 e. The van der Waals surface area contributed by atoms with E-state index in [2.05, 4.69) is 10.3 Å². The summed E-state index contributed by atoms with van der Waals surface area (Å²) in [5.41, 5.74) is 4.14. The maximum Gasteiger partial charge on any atom is 0.255 e. The molecule has 0 fully saturated rings. The van der Waals surface area contributed by atoms with Crippen LogP contribution in [0.1, 0.15) is 24.1 Å². The monoisotopic (exact) mass is 280 g/mol. The minimum Gasteiger partial charge on any atom is -0.237 e. The highest BCUT2D eigenvalue weighted by atomic mass is 35.5. The molecule has 1 atom stereocenters. The molecular weight excluding hydrogens is 271 g/mol. The maximum absolute atomic E-state index is 11.8. The minimum absolute atomic E-state index is 0.0723. The Kier molecular flexibility index (Phi) is 2.92. The topological polar surface area (TPSA) is 58.2 Å². The third-order valence-electron chi connectivity index (χ3n) is 2.53. The van der Waals surface area contributed by atoms with Gasteiger partial charge in [-0.05, 0) is 31.0 Å². The van der Waals surface area contributed by atoms with Crippen LogP contribution in [0.25, 0.3) is 0 Å². The molecule has 88 valence electrons. The number of halogens is 2. The number of nitrogens with one attached hydrogen (secondary N) is 2. The second-order valence-electron chi connectivity index (χ2n) is 3.70. The lowest BCUT2D eigenvalue weighted by Gasteiger charge is -2.27. The van der Waals surface area contributed by atoms with Crippen molar-refractivity contribution < 1.29 is 8.42 Å². The predicted octanol–water partition coefficient (Wildman–Crippen LogP) is 2.16. The number of sulfonamides is 1. The average molecular weight is 281 g/mol. The number of fused-ring (bicyclic) bond motifs is 1. The number of benzene rings is 1. The van der Waals surface area contributed by atoms with Crippen LogP contribution >= 0.6 is 23.2 Å². The molecule has 16 heavy (non-hydrogen) atoms. The summed E-state index contributed by atoms with van der Waals surface area (Å²) >= 11 is 11.8. The van der Waals surface area contributed by atoms with Crippen LogP contribution in [0.15, 0.2) is 11.0 Å². The molecule has 1 heterocycles. The van der Waals surface area contributed by atoms with E-state index in [9.17, 15) is 8.42 Å². The van der Waals surface area contributed by atoms with Crippen molar-refractivity contribution in [1.82, 2.24) is 10.3 Å². The van der Waals surface area contributed by atoms with Gasteiger partial charge in [-0.1, -0.05) is 23.2 Å². The van der Waals surface area contributed by atoms with E-state index in [0.29, 0.717) is 5.56 Å². The van der Waals surface area contributed by atoms with Gasteiger partial charge in [0.1, 0.15) is 4.90 Å². The van der Waals surface area contributed by atoms with Crippen LogP contribution in [0.3, 0.4) is 0 Å². The summed E-state index contributed by atoms with van der Waals surface area (Å²) < 4.78 is 23.7. The van der Waals surface area contributed by atoms with Gasteiger partial charge in [-0.15, -0.1) is 4.83 Å². The zero-order chi connectivity index (χ0) is 12.1. The molecule has 1 aromatic rings. The molecule has 0 saturated heterocycles. The van der Waals surface area contributed by atoms with Crippen LogP contribution in [-0.2, 0) is 10.0 Å². The standard InChI is InChI=1S/C9H10Cl2N2O2S/c1-4-3-6(10)8(11)9-7(4)5(2)12-13-16(9,14)15/h3,5,12-13H,1-2H3. The van der Waals surface area contributed by atoms with E-state index >= 15 is 0 Å². The summed E-state index contributed by atoms with van der Waals surface area (Å²) in [5, 5.41) is 0.320. The van der Waals surface area contributed by atoms with E-state index in [1.54, 1.807) is 13.0 Å². The zero-order valence-corrected chi connectivity index (χ0v) is 11.0. The van der Waals surface area contributed by atoms with Crippen molar-refractivity contribution in [1.29, 1.82) is 0 Å². The van der Waals surface area contributed by atoms with E-state index < -0.39 is 10.0 Å². The molecule has 1 aromatic carbocycles. The van der Waals surface area contributed by atoms with Gasteiger partial charge in [-0.3, -0.25) is 0 Å². The Labute approximate surface area is 104 Å². The molecule has 1 aliphatic heterocycles. The van der Waals surface area contributed by atoms with Crippen LogP contribution in [0.4, 0.5) is 0 Å². The fourth-order valence-electron chi connectivity index (χ4n) is 1.83. The average Bonchev–Trinajstić information content (AvgIpc) is 2.18. The summed E-state index contributed by atoms with van der Waals surface area (Å²) in [6, 6.07) is 1.52. The minimum atomic E-state index is -3.63. The van der Waals surface area contributed by atoms with Crippen LogP contribution in [-0.4, -0.2) is 8.42 Å². The summed E-state index contributed by atoms with van der Waals surface area (Å²) in [4.78, 5) is 2.31. The van der Waals surface area contributed by atoms with E-state index in [4.69, 9.17) is 23.2 Å². The maximum atomic E-state index is 11.8. The number of hydrogen-bond donors (Lipinski definition) is 2. The smallest absolute Gasteiger partial charge is 0.237 e. The normalized spacial score (nSPS) is 22.9. The Bertz CT molecular complexity index is 557. The Morgan fingerprint density at radius 3 is 2.62 bits per heavy atom. The third kappa shape index (κ3) is 1.72. The quantitative estimate of drug-likeness (QED) is 0.766.